The summed E-state index contributed by atoms with van der Waals surface area (Å²) in [7, 11) is -3.82. The third-order valence-corrected chi connectivity index (χ3v) is 4.00. The van der Waals surface area contributed by atoms with E-state index in [-0.39, 0.29) is 10.6 Å². The lowest BCUT2D eigenvalue weighted by Crippen LogP contribution is -2.28. The molecule has 1 unspecified atom stereocenters. The standard InChI is InChI=1S/C11H11N5O2S/c1-8(11-14-5-6-15-11)16-19(17,18)10-3-2-4-13-9(10)7-12/h2-6,8,16H,1H3,(H,14,15). The molecule has 0 fully saturated rings. The highest BCUT2D eigenvalue weighted by atomic mass is 32.2. The molecule has 0 aliphatic carbocycles. The van der Waals surface area contributed by atoms with Crippen molar-refractivity contribution in [2.24, 2.45) is 0 Å². The molecule has 1 atom stereocenters. The molecule has 2 rings (SSSR count). The zero-order chi connectivity index (χ0) is 13.9. The van der Waals surface area contributed by atoms with Crippen LogP contribution < -0.4 is 4.72 Å². The minimum atomic E-state index is -3.82. The lowest BCUT2D eigenvalue weighted by molar-refractivity contribution is 0.560. The van der Waals surface area contributed by atoms with Crippen molar-refractivity contribution in [2.45, 2.75) is 17.9 Å². The molecule has 0 aliphatic rings. The van der Waals surface area contributed by atoms with E-state index < -0.39 is 16.1 Å². The van der Waals surface area contributed by atoms with Gasteiger partial charge in [-0.1, -0.05) is 0 Å². The first-order valence-corrected chi connectivity index (χ1v) is 6.89. The van der Waals surface area contributed by atoms with Gasteiger partial charge in [0.15, 0.2) is 5.69 Å². The van der Waals surface area contributed by atoms with Gasteiger partial charge in [0, 0.05) is 18.6 Å². The number of nitrogens with zero attached hydrogens (tertiary/aromatic N) is 3. The Morgan fingerprint density at radius 3 is 2.84 bits per heavy atom. The second-order valence-electron chi connectivity index (χ2n) is 3.78. The maximum atomic E-state index is 12.2. The summed E-state index contributed by atoms with van der Waals surface area (Å²) >= 11 is 0. The average molecular weight is 277 g/mol. The van der Waals surface area contributed by atoms with E-state index in [1.807, 2.05) is 0 Å². The molecule has 8 heteroatoms. The minimum Gasteiger partial charge on any atom is -0.347 e. The Hall–Kier alpha value is -2.24. The molecule has 0 saturated heterocycles. The van der Waals surface area contributed by atoms with Crippen LogP contribution in [0.3, 0.4) is 0 Å². The van der Waals surface area contributed by atoms with Gasteiger partial charge in [-0.3, -0.25) is 0 Å². The van der Waals surface area contributed by atoms with Gasteiger partial charge in [-0.15, -0.1) is 0 Å². The van der Waals surface area contributed by atoms with E-state index in [2.05, 4.69) is 19.7 Å². The summed E-state index contributed by atoms with van der Waals surface area (Å²) in [5.74, 6) is 0.492. The highest BCUT2D eigenvalue weighted by molar-refractivity contribution is 7.89. The van der Waals surface area contributed by atoms with Crippen LogP contribution in [0.5, 0.6) is 0 Å². The predicted molar refractivity (Wildman–Crippen MR) is 66.3 cm³/mol. The summed E-state index contributed by atoms with van der Waals surface area (Å²) in [4.78, 5) is 10.4. The largest absolute Gasteiger partial charge is 0.347 e. The molecule has 2 aromatic heterocycles. The van der Waals surface area contributed by atoms with Gasteiger partial charge in [0.25, 0.3) is 0 Å². The summed E-state index contributed by atoms with van der Waals surface area (Å²) in [5.41, 5.74) is -0.137. The number of H-pyrrole nitrogens is 1. The number of imidazole rings is 1. The quantitative estimate of drug-likeness (QED) is 0.855. The fraction of sp³-hybridized carbons (Fsp3) is 0.182. The Balaban J connectivity index is 2.31. The highest BCUT2D eigenvalue weighted by Crippen LogP contribution is 2.16. The molecule has 2 heterocycles. The van der Waals surface area contributed by atoms with Gasteiger partial charge < -0.3 is 4.98 Å². The lowest BCUT2D eigenvalue weighted by Gasteiger charge is -2.12. The Bertz CT molecular complexity index is 703. The second-order valence-corrected chi connectivity index (χ2v) is 5.46. The zero-order valence-corrected chi connectivity index (χ0v) is 10.8. The van der Waals surface area contributed by atoms with Crippen LogP contribution in [-0.2, 0) is 10.0 Å². The van der Waals surface area contributed by atoms with Crippen LogP contribution in [0.15, 0.2) is 35.6 Å². The molecule has 0 radical (unpaired) electrons. The van der Waals surface area contributed by atoms with E-state index in [0.717, 1.165) is 0 Å². The maximum absolute atomic E-state index is 12.2. The first-order chi connectivity index (χ1) is 9.04. The normalized spacial score (nSPS) is 12.8. The van der Waals surface area contributed by atoms with Crippen LogP contribution in [-0.4, -0.2) is 23.4 Å². The number of pyridine rings is 1. The average Bonchev–Trinajstić information content (AvgIpc) is 2.92. The number of sulfonamides is 1. The number of nitrogens with one attached hydrogen (secondary N) is 2. The molecule has 0 amide bonds. The van der Waals surface area contributed by atoms with E-state index in [9.17, 15) is 8.42 Å². The van der Waals surface area contributed by atoms with Crippen molar-refractivity contribution in [3.05, 3.63) is 42.2 Å². The molecule has 0 bridgehead atoms. The molecule has 2 N–H and O–H groups in total. The fourth-order valence-electron chi connectivity index (χ4n) is 1.56. The Labute approximate surface area is 110 Å². The Morgan fingerprint density at radius 1 is 1.42 bits per heavy atom. The molecule has 0 saturated carbocycles. The van der Waals surface area contributed by atoms with Crippen LogP contribution in [0.25, 0.3) is 0 Å². The van der Waals surface area contributed by atoms with Crippen LogP contribution in [0.2, 0.25) is 0 Å². The molecular formula is C11H11N5O2S. The molecule has 0 spiro atoms. The molecule has 19 heavy (non-hydrogen) atoms. The van der Waals surface area contributed by atoms with E-state index in [1.165, 1.54) is 24.5 Å². The van der Waals surface area contributed by atoms with Crippen molar-refractivity contribution in [1.29, 1.82) is 5.26 Å². The van der Waals surface area contributed by atoms with Crippen molar-refractivity contribution >= 4 is 10.0 Å². The zero-order valence-electron chi connectivity index (χ0n) is 10.0. The molecule has 2 aromatic rings. The third kappa shape index (κ3) is 2.78. The topological polar surface area (TPSA) is 112 Å². The predicted octanol–water partition coefficient (Wildman–Crippen LogP) is 0.716. The minimum absolute atomic E-state index is 0.137. The monoisotopic (exact) mass is 277 g/mol. The Kier molecular flexibility index (Phi) is 3.59. The van der Waals surface area contributed by atoms with Crippen molar-refractivity contribution in [2.75, 3.05) is 0 Å². The van der Waals surface area contributed by atoms with Gasteiger partial charge in [-0.25, -0.2) is 23.1 Å². The van der Waals surface area contributed by atoms with Crippen LogP contribution >= 0.6 is 0 Å². The number of hydrogen-bond acceptors (Lipinski definition) is 5. The molecule has 98 valence electrons. The first kappa shape index (κ1) is 13.2. The molecule has 7 nitrogen and oxygen atoms in total. The number of hydrogen-bond donors (Lipinski definition) is 2. The van der Waals surface area contributed by atoms with E-state index in [0.29, 0.717) is 5.82 Å². The van der Waals surface area contributed by atoms with E-state index in [1.54, 1.807) is 19.2 Å². The smallest absolute Gasteiger partial charge is 0.244 e. The van der Waals surface area contributed by atoms with Crippen LogP contribution in [0.4, 0.5) is 0 Å². The lowest BCUT2D eigenvalue weighted by atomic mass is 10.3. The summed E-state index contributed by atoms with van der Waals surface area (Å²) in [6.45, 7) is 1.65. The van der Waals surface area contributed by atoms with Gasteiger partial charge in [0.1, 0.15) is 16.8 Å². The number of rotatable bonds is 4. The molecule has 0 aromatic carbocycles. The van der Waals surface area contributed by atoms with E-state index in [4.69, 9.17) is 5.26 Å². The first-order valence-electron chi connectivity index (χ1n) is 5.41. The number of nitriles is 1. The second kappa shape index (κ2) is 5.17. The Morgan fingerprint density at radius 2 is 2.21 bits per heavy atom. The summed E-state index contributed by atoms with van der Waals surface area (Å²) in [6.07, 6.45) is 4.50. The molecular weight excluding hydrogens is 266 g/mol. The van der Waals surface area contributed by atoms with Gasteiger partial charge >= 0.3 is 0 Å². The molecule has 0 aliphatic heterocycles. The van der Waals surface area contributed by atoms with Crippen LogP contribution in [0.1, 0.15) is 24.5 Å². The van der Waals surface area contributed by atoms with Crippen molar-refractivity contribution in [3.8, 4) is 6.07 Å². The van der Waals surface area contributed by atoms with E-state index >= 15 is 0 Å². The summed E-state index contributed by atoms with van der Waals surface area (Å²) in [5, 5.41) is 8.88. The fourth-order valence-corrected chi connectivity index (χ4v) is 2.87. The SMILES string of the molecule is CC(NS(=O)(=O)c1cccnc1C#N)c1ncc[nH]1. The number of aromatic amines is 1. The summed E-state index contributed by atoms with van der Waals surface area (Å²) in [6, 6.07) is 4.02. The maximum Gasteiger partial charge on any atom is 0.244 e. The van der Waals surface area contributed by atoms with Gasteiger partial charge in [0.05, 0.1) is 6.04 Å². The summed E-state index contributed by atoms with van der Waals surface area (Å²) < 4.78 is 26.8. The third-order valence-electron chi connectivity index (χ3n) is 2.43. The van der Waals surface area contributed by atoms with Gasteiger partial charge in [0.2, 0.25) is 10.0 Å². The van der Waals surface area contributed by atoms with Crippen LogP contribution in [0, 0.1) is 11.3 Å². The van der Waals surface area contributed by atoms with Gasteiger partial charge in [-0.2, -0.15) is 5.26 Å². The van der Waals surface area contributed by atoms with Gasteiger partial charge in [-0.05, 0) is 19.1 Å². The van der Waals surface area contributed by atoms with Crippen molar-refractivity contribution < 1.29 is 8.42 Å². The van der Waals surface area contributed by atoms with Crippen molar-refractivity contribution in [3.63, 3.8) is 0 Å². The van der Waals surface area contributed by atoms with Crippen molar-refractivity contribution in [1.82, 2.24) is 19.7 Å². The highest BCUT2D eigenvalue weighted by Gasteiger charge is 2.23. The number of aromatic nitrogens is 3.